The molecule has 0 atom stereocenters. The Hall–Kier alpha value is -2.05. The molecule has 3 nitrogen and oxygen atoms in total. The van der Waals surface area contributed by atoms with E-state index >= 15 is 0 Å². The monoisotopic (exact) mass is 197 g/mol. The third-order valence-electron chi connectivity index (χ3n) is 2.95. The second-order valence-corrected chi connectivity index (χ2v) is 4.25. The van der Waals surface area contributed by atoms with Crippen LogP contribution < -0.4 is 0 Å². The van der Waals surface area contributed by atoms with Gasteiger partial charge in [-0.15, -0.1) is 0 Å². The van der Waals surface area contributed by atoms with Gasteiger partial charge in [0.1, 0.15) is 17.7 Å². The summed E-state index contributed by atoms with van der Waals surface area (Å²) in [7, 11) is 0. The summed E-state index contributed by atoms with van der Waals surface area (Å²) in [6.07, 6.45) is 0.595. The number of nitrogens with zero attached hydrogens (tertiary/aromatic N) is 3. The third-order valence-corrected chi connectivity index (χ3v) is 2.95. The van der Waals surface area contributed by atoms with E-state index in [1.54, 1.807) is 0 Å². The van der Waals surface area contributed by atoms with E-state index in [4.69, 9.17) is 15.8 Å². The van der Waals surface area contributed by atoms with Gasteiger partial charge in [-0.25, -0.2) is 0 Å². The van der Waals surface area contributed by atoms with E-state index in [2.05, 4.69) is 6.07 Å². The lowest BCUT2D eigenvalue weighted by Gasteiger charge is -2.18. The Kier molecular flexibility index (Phi) is 2.65. The number of nitriles is 3. The molecule has 0 spiro atoms. The maximum atomic E-state index is 9.02. The maximum Gasteiger partial charge on any atom is 0.134 e. The first kappa shape index (κ1) is 11.0. The van der Waals surface area contributed by atoms with Gasteiger partial charge < -0.3 is 0 Å². The predicted octanol–water partition coefficient (Wildman–Crippen LogP) is 2.60. The standard InChI is InChI=1S/C12H11N3/c1-8-11(7-15)10(4-12(8,2)3)9(5-13)6-14/h4H2,1-3H3. The highest BCUT2D eigenvalue weighted by Gasteiger charge is 2.35. The minimum absolute atomic E-state index is 0.0662. The average molecular weight is 197 g/mol. The van der Waals surface area contributed by atoms with Gasteiger partial charge >= 0.3 is 0 Å². The van der Waals surface area contributed by atoms with Crippen molar-refractivity contribution >= 4 is 0 Å². The van der Waals surface area contributed by atoms with Gasteiger partial charge in [0.25, 0.3) is 0 Å². The van der Waals surface area contributed by atoms with Gasteiger partial charge in [0.2, 0.25) is 0 Å². The van der Waals surface area contributed by atoms with E-state index in [9.17, 15) is 0 Å². The van der Waals surface area contributed by atoms with Crippen LogP contribution in [0, 0.1) is 39.4 Å². The van der Waals surface area contributed by atoms with Gasteiger partial charge in [-0.3, -0.25) is 0 Å². The number of hydrogen-bond acceptors (Lipinski definition) is 3. The maximum absolute atomic E-state index is 9.02. The van der Waals surface area contributed by atoms with Crippen LogP contribution in [0.4, 0.5) is 0 Å². The lowest BCUT2D eigenvalue weighted by molar-refractivity contribution is 0.466. The molecule has 15 heavy (non-hydrogen) atoms. The zero-order chi connectivity index (χ0) is 11.6. The van der Waals surface area contributed by atoms with Crippen molar-refractivity contribution in [2.45, 2.75) is 27.2 Å². The lowest BCUT2D eigenvalue weighted by Crippen LogP contribution is -2.07. The molecule has 0 N–H and O–H groups in total. The first-order valence-corrected chi connectivity index (χ1v) is 4.63. The summed E-state index contributed by atoms with van der Waals surface area (Å²) in [6.45, 7) is 5.91. The molecule has 0 unspecified atom stereocenters. The molecule has 0 aliphatic heterocycles. The highest BCUT2D eigenvalue weighted by atomic mass is 14.4. The van der Waals surface area contributed by atoms with Gasteiger partial charge in [-0.1, -0.05) is 13.8 Å². The molecule has 0 heterocycles. The van der Waals surface area contributed by atoms with E-state index < -0.39 is 0 Å². The molecule has 0 bridgehead atoms. The fraction of sp³-hybridized carbons (Fsp3) is 0.417. The molecule has 1 rings (SSSR count). The molecule has 0 amide bonds. The second-order valence-electron chi connectivity index (χ2n) is 4.25. The molecular formula is C12H11N3. The quantitative estimate of drug-likeness (QED) is 0.560. The molecule has 3 heteroatoms. The van der Waals surface area contributed by atoms with E-state index in [1.807, 2.05) is 32.9 Å². The molecule has 0 radical (unpaired) electrons. The van der Waals surface area contributed by atoms with Crippen LogP contribution in [0.2, 0.25) is 0 Å². The highest BCUT2D eigenvalue weighted by molar-refractivity contribution is 5.60. The van der Waals surface area contributed by atoms with Crippen molar-refractivity contribution in [1.82, 2.24) is 0 Å². The first-order valence-electron chi connectivity index (χ1n) is 4.63. The first-order chi connectivity index (χ1) is 6.97. The number of rotatable bonds is 0. The Bertz CT molecular complexity index is 468. The third kappa shape index (κ3) is 1.63. The van der Waals surface area contributed by atoms with Crippen LogP contribution in [0.3, 0.4) is 0 Å². The molecule has 0 saturated carbocycles. The fourth-order valence-electron chi connectivity index (χ4n) is 1.75. The molecule has 0 aromatic heterocycles. The van der Waals surface area contributed by atoms with E-state index in [0.717, 1.165) is 5.57 Å². The van der Waals surface area contributed by atoms with Crippen LogP contribution in [0.1, 0.15) is 27.2 Å². The van der Waals surface area contributed by atoms with E-state index in [-0.39, 0.29) is 11.0 Å². The zero-order valence-corrected chi connectivity index (χ0v) is 9.05. The van der Waals surface area contributed by atoms with Crippen molar-refractivity contribution in [2.75, 3.05) is 0 Å². The average Bonchev–Trinajstić information content (AvgIpc) is 2.40. The molecule has 0 fully saturated rings. The summed E-state index contributed by atoms with van der Waals surface area (Å²) < 4.78 is 0. The molecule has 0 aromatic carbocycles. The van der Waals surface area contributed by atoms with Crippen molar-refractivity contribution in [3.05, 3.63) is 22.3 Å². The normalized spacial score (nSPS) is 18.0. The SMILES string of the molecule is CC1=C(C#N)C(=C(C#N)C#N)CC1(C)C. The Morgan fingerprint density at radius 3 is 2.13 bits per heavy atom. The highest BCUT2D eigenvalue weighted by Crippen LogP contribution is 2.45. The number of hydrogen-bond donors (Lipinski definition) is 0. The topological polar surface area (TPSA) is 71.4 Å². The van der Waals surface area contributed by atoms with Gasteiger partial charge in [-0.2, -0.15) is 15.8 Å². The smallest absolute Gasteiger partial charge is 0.134 e. The summed E-state index contributed by atoms with van der Waals surface area (Å²) in [5.41, 5.74) is 2.02. The summed E-state index contributed by atoms with van der Waals surface area (Å²) in [4.78, 5) is 0. The zero-order valence-electron chi connectivity index (χ0n) is 9.05. The molecular weight excluding hydrogens is 186 g/mol. The van der Waals surface area contributed by atoms with Crippen molar-refractivity contribution in [1.29, 1.82) is 15.8 Å². The van der Waals surface area contributed by atoms with Crippen molar-refractivity contribution in [2.24, 2.45) is 5.41 Å². The van der Waals surface area contributed by atoms with Crippen molar-refractivity contribution < 1.29 is 0 Å². The van der Waals surface area contributed by atoms with Gasteiger partial charge in [0.15, 0.2) is 0 Å². The second kappa shape index (κ2) is 3.60. The summed E-state index contributed by atoms with van der Waals surface area (Å²) in [5, 5.41) is 26.6. The van der Waals surface area contributed by atoms with E-state index in [1.165, 1.54) is 0 Å². The molecule has 0 aromatic rings. The Morgan fingerprint density at radius 1 is 1.20 bits per heavy atom. The van der Waals surface area contributed by atoms with Crippen molar-refractivity contribution in [3.8, 4) is 18.2 Å². The largest absolute Gasteiger partial charge is 0.192 e. The summed E-state index contributed by atoms with van der Waals surface area (Å²) in [6, 6.07) is 5.79. The Morgan fingerprint density at radius 2 is 1.73 bits per heavy atom. The summed E-state index contributed by atoms with van der Waals surface area (Å²) >= 11 is 0. The van der Waals surface area contributed by atoms with Crippen LogP contribution in [-0.2, 0) is 0 Å². The fourth-order valence-corrected chi connectivity index (χ4v) is 1.75. The molecule has 1 aliphatic carbocycles. The van der Waals surface area contributed by atoms with E-state index in [0.29, 0.717) is 17.6 Å². The van der Waals surface area contributed by atoms with Crippen LogP contribution >= 0.6 is 0 Å². The lowest BCUT2D eigenvalue weighted by atomic mass is 9.86. The van der Waals surface area contributed by atoms with Crippen molar-refractivity contribution in [3.63, 3.8) is 0 Å². The minimum atomic E-state index is -0.126. The summed E-state index contributed by atoms with van der Waals surface area (Å²) in [5.74, 6) is 0. The van der Waals surface area contributed by atoms with Crippen LogP contribution in [0.25, 0.3) is 0 Å². The van der Waals surface area contributed by atoms with Crippen LogP contribution in [-0.4, -0.2) is 0 Å². The Balaban J connectivity index is 3.47. The van der Waals surface area contributed by atoms with Gasteiger partial charge in [0.05, 0.1) is 11.6 Å². The van der Waals surface area contributed by atoms with Crippen LogP contribution in [0.5, 0.6) is 0 Å². The van der Waals surface area contributed by atoms with Gasteiger partial charge in [0, 0.05) is 0 Å². The number of allylic oxidation sites excluding steroid dienone is 4. The van der Waals surface area contributed by atoms with Gasteiger partial charge in [-0.05, 0) is 29.9 Å². The predicted molar refractivity (Wildman–Crippen MR) is 55.0 cm³/mol. The Labute approximate surface area is 89.5 Å². The molecule has 0 saturated heterocycles. The van der Waals surface area contributed by atoms with Crippen LogP contribution in [0.15, 0.2) is 22.3 Å². The molecule has 1 aliphatic rings. The minimum Gasteiger partial charge on any atom is -0.192 e. The molecule has 74 valence electrons.